The van der Waals surface area contributed by atoms with Crippen LogP contribution in [0.1, 0.15) is 40.1 Å². The molecule has 33 heavy (non-hydrogen) atoms. The molecule has 174 valence electrons. The molecule has 1 fully saturated rings. The largest absolute Gasteiger partial charge is 0.473 e. The first-order valence-corrected chi connectivity index (χ1v) is 10.4. The molecule has 1 aliphatic rings. The van der Waals surface area contributed by atoms with Gasteiger partial charge in [0, 0.05) is 37.1 Å². The van der Waals surface area contributed by atoms with Gasteiger partial charge in [0.2, 0.25) is 5.88 Å². The maximum absolute atomic E-state index is 13.7. The molecule has 0 saturated carbocycles. The van der Waals surface area contributed by atoms with Gasteiger partial charge in [0.25, 0.3) is 5.91 Å². The summed E-state index contributed by atoms with van der Waals surface area (Å²) in [5.41, 5.74) is 0.265. The van der Waals surface area contributed by atoms with Crippen LogP contribution in [0.25, 0.3) is 11.3 Å². The number of hydrogen-bond acceptors (Lipinski definition) is 6. The van der Waals surface area contributed by atoms with E-state index in [-0.39, 0.29) is 18.5 Å². The Morgan fingerprint density at radius 1 is 1.21 bits per heavy atom. The van der Waals surface area contributed by atoms with E-state index in [1.807, 2.05) is 30.3 Å². The molecule has 0 bridgehead atoms. The third kappa shape index (κ3) is 5.33. The summed E-state index contributed by atoms with van der Waals surface area (Å²) in [6.07, 6.45) is -2.77. The van der Waals surface area contributed by atoms with E-state index in [0.717, 1.165) is 17.8 Å². The standard InChI is InChI=1S/C23H22F3N3O4/c1-14-18(21(29-33-14)15-5-3-2-4-6-15)13-32-20-11-19(23(24,25)26)17(12-27-20)22(30)28-16-7-9-31-10-8-16/h2-6,11-12,16H,7-10,13H2,1H3,(H,28,30). The molecule has 2 aromatic heterocycles. The molecule has 0 atom stereocenters. The molecule has 4 rings (SSSR count). The summed E-state index contributed by atoms with van der Waals surface area (Å²) in [5, 5.41) is 6.66. The molecular weight excluding hydrogens is 439 g/mol. The molecule has 10 heteroatoms. The first-order chi connectivity index (χ1) is 15.8. The fourth-order valence-corrected chi connectivity index (χ4v) is 3.57. The molecule has 1 amide bonds. The number of carbonyl (C=O) groups is 1. The lowest BCUT2D eigenvalue weighted by molar-refractivity contribution is -0.138. The first-order valence-electron chi connectivity index (χ1n) is 10.4. The van der Waals surface area contributed by atoms with Crippen LogP contribution < -0.4 is 10.1 Å². The van der Waals surface area contributed by atoms with Gasteiger partial charge in [-0.1, -0.05) is 35.5 Å². The molecule has 0 radical (unpaired) electrons. The summed E-state index contributed by atoms with van der Waals surface area (Å²) in [7, 11) is 0. The average Bonchev–Trinajstić information content (AvgIpc) is 3.18. The van der Waals surface area contributed by atoms with Crippen molar-refractivity contribution in [3.8, 4) is 17.1 Å². The molecule has 0 spiro atoms. The zero-order valence-corrected chi connectivity index (χ0v) is 17.8. The number of rotatable bonds is 6. The minimum atomic E-state index is -4.76. The minimum absolute atomic E-state index is 0.0997. The van der Waals surface area contributed by atoms with Crippen LogP contribution >= 0.6 is 0 Å². The van der Waals surface area contributed by atoms with Crippen molar-refractivity contribution in [2.75, 3.05) is 13.2 Å². The van der Waals surface area contributed by atoms with Crippen LogP contribution in [0.15, 0.2) is 47.1 Å². The summed E-state index contributed by atoms with van der Waals surface area (Å²) in [6.45, 7) is 2.50. The lowest BCUT2D eigenvalue weighted by Gasteiger charge is -2.23. The first kappa shape index (κ1) is 22.8. The van der Waals surface area contributed by atoms with Crippen LogP contribution in [0.2, 0.25) is 0 Å². The maximum Gasteiger partial charge on any atom is 0.417 e. The zero-order valence-electron chi connectivity index (χ0n) is 17.8. The van der Waals surface area contributed by atoms with Gasteiger partial charge in [-0.3, -0.25) is 4.79 Å². The fourth-order valence-electron chi connectivity index (χ4n) is 3.57. The topological polar surface area (TPSA) is 86.5 Å². The predicted octanol–water partition coefficient (Wildman–Crippen LogP) is 4.55. The summed E-state index contributed by atoms with van der Waals surface area (Å²) < 4.78 is 57.2. The van der Waals surface area contributed by atoms with Crippen molar-refractivity contribution < 1.29 is 32.0 Å². The second-order valence-corrected chi connectivity index (χ2v) is 7.65. The number of nitrogens with one attached hydrogen (secondary N) is 1. The van der Waals surface area contributed by atoms with Crippen molar-refractivity contribution in [2.24, 2.45) is 0 Å². The number of alkyl halides is 3. The van der Waals surface area contributed by atoms with Crippen molar-refractivity contribution in [3.63, 3.8) is 0 Å². The molecule has 3 heterocycles. The maximum atomic E-state index is 13.7. The second kappa shape index (κ2) is 9.62. The molecule has 1 N–H and O–H groups in total. The summed E-state index contributed by atoms with van der Waals surface area (Å²) in [6, 6.07) is 9.71. The van der Waals surface area contributed by atoms with Crippen molar-refractivity contribution in [3.05, 3.63) is 65.0 Å². The van der Waals surface area contributed by atoms with Gasteiger partial charge in [-0.2, -0.15) is 13.2 Å². The molecule has 3 aromatic rings. The van der Waals surface area contributed by atoms with E-state index >= 15 is 0 Å². The van der Waals surface area contributed by atoms with Crippen molar-refractivity contribution in [1.82, 2.24) is 15.5 Å². The Morgan fingerprint density at radius 3 is 2.64 bits per heavy atom. The highest BCUT2D eigenvalue weighted by atomic mass is 19.4. The van der Waals surface area contributed by atoms with E-state index in [9.17, 15) is 18.0 Å². The average molecular weight is 461 g/mol. The van der Waals surface area contributed by atoms with Crippen molar-refractivity contribution >= 4 is 5.91 Å². The predicted molar refractivity (Wildman–Crippen MR) is 112 cm³/mol. The van der Waals surface area contributed by atoms with E-state index in [1.165, 1.54) is 0 Å². The van der Waals surface area contributed by atoms with Crippen molar-refractivity contribution in [1.29, 1.82) is 0 Å². The SMILES string of the molecule is Cc1onc(-c2ccccc2)c1COc1cc(C(F)(F)F)c(C(=O)NC2CCOCC2)cn1. The molecular formula is C23H22F3N3O4. The Labute approximate surface area is 187 Å². The van der Waals surface area contributed by atoms with E-state index < -0.39 is 23.2 Å². The Hall–Kier alpha value is -3.40. The Kier molecular flexibility index (Phi) is 6.64. The number of ether oxygens (including phenoxy) is 2. The van der Waals surface area contributed by atoms with Crippen LogP contribution in [0.3, 0.4) is 0 Å². The van der Waals surface area contributed by atoms with Gasteiger partial charge in [0.1, 0.15) is 18.1 Å². The third-order valence-electron chi connectivity index (χ3n) is 5.38. The highest BCUT2D eigenvalue weighted by Gasteiger charge is 2.37. The normalized spacial score (nSPS) is 14.8. The number of carbonyl (C=O) groups excluding carboxylic acids is 1. The van der Waals surface area contributed by atoms with Gasteiger partial charge in [-0.05, 0) is 19.8 Å². The summed E-state index contributed by atoms with van der Waals surface area (Å²) >= 11 is 0. The number of pyridine rings is 1. The van der Waals surface area contributed by atoms with E-state index in [4.69, 9.17) is 14.0 Å². The van der Waals surface area contributed by atoms with Gasteiger partial charge in [0.05, 0.1) is 16.7 Å². The molecule has 1 aromatic carbocycles. The smallest absolute Gasteiger partial charge is 0.417 e. The van der Waals surface area contributed by atoms with Gasteiger partial charge in [-0.25, -0.2) is 4.98 Å². The number of hydrogen-bond donors (Lipinski definition) is 1. The van der Waals surface area contributed by atoms with Gasteiger partial charge in [-0.15, -0.1) is 0 Å². The molecule has 7 nitrogen and oxygen atoms in total. The van der Waals surface area contributed by atoms with Gasteiger partial charge in [0.15, 0.2) is 0 Å². The second-order valence-electron chi connectivity index (χ2n) is 7.65. The monoisotopic (exact) mass is 461 g/mol. The lowest BCUT2D eigenvalue weighted by Crippen LogP contribution is -2.39. The Balaban J connectivity index is 1.54. The highest BCUT2D eigenvalue weighted by Crippen LogP contribution is 2.34. The van der Waals surface area contributed by atoms with Crippen LogP contribution in [-0.2, 0) is 17.5 Å². The number of aromatic nitrogens is 2. The number of benzene rings is 1. The number of halogens is 3. The van der Waals surface area contributed by atoms with Crippen LogP contribution in [-0.4, -0.2) is 35.3 Å². The van der Waals surface area contributed by atoms with Crippen LogP contribution in [0.5, 0.6) is 5.88 Å². The number of nitrogens with zero attached hydrogens (tertiary/aromatic N) is 2. The van der Waals surface area contributed by atoms with Gasteiger partial charge < -0.3 is 19.3 Å². The molecule has 1 saturated heterocycles. The number of aryl methyl sites for hydroxylation is 1. The van der Waals surface area contributed by atoms with Gasteiger partial charge >= 0.3 is 6.18 Å². The van der Waals surface area contributed by atoms with Crippen LogP contribution in [0, 0.1) is 6.92 Å². The summed E-state index contributed by atoms with van der Waals surface area (Å²) in [4.78, 5) is 16.5. The Morgan fingerprint density at radius 2 is 1.94 bits per heavy atom. The number of amides is 1. The fraction of sp³-hybridized carbons (Fsp3) is 0.348. The van der Waals surface area contributed by atoms with E-state index in [1.54, 1.807) is 6.92 Å². The van der Waals surface area contributed by atoms with Crippen molar-refractivity contribution in [2.45, 2.75) is 38.6 Å². The minimum Gasteiger partial charge on any atom is -0.473 e. The zero-order chi connectivity index (χ0) is 23.4. The molecule has 0 aliphatic carbocycles. The Bertz CT molecular complexity index is 1110. The van der Waals surface area contributed by atoms with Crippen LogP contribution in [0.4, 0.5) is 13.2 Å². The lowest BCUT2D eigenvalue weighted by atomic mass is 10.1. The molecule has 0 unspecified atom stereocenters. The highest BCUT2D eigenvalue weighted by molar-refractivity contribution is 5.95. The van der Waals surface area contributed by atoms with E-state index in [2.05, 4.69) is 15.5 Å². The quantitative estimate of drug-likeness (QED) is 0.580. The molecule has 1 aliphatic heterocycles. The third-order valence-corrected chi connectivity index (χ3v) is 5.38. The van der Waals surface area contributed by atoms with E-state index in [0.29, 0.717) is 43.1 Å². The summed E-state index contributed by atoms with van der Waals surface area (Å²) in [5.74, 6) is -0.601.